The Balaban J connectivity index is 1.23. The smallest absolute Gasteiger partial charge is 0.276 e. The maximum atomic E-state index is 14.1. The molecule has 0 bridgehead atoms. The third kappa shape index (κ3) is 7.81. The number of carbonyl (C=O) groups excluding carboxylic acids is 2. The van der Waals surface area contributed by atoms with E-state index in [4.69, 9.17) is 14.3 Å². The molecule has 16 heteroatoms. The molecule has 11 nitrogen and oxygen atoms in total. The summed E-state index contributed by atoms with van der Waals surface area (Å²) in [7, 11) is 0. The van der Waals surface area contributed by atoms with Crippen LogP contribution in [0.4, 0.5) is 17.6 Å². The molecule has 3 saturated carbocycles. The van der Waals surface area contributed by atoms with Crippen LogP contribution in [0.2, 0.25) is 0 Å². The van der Waals surface area contributed by atoms with Gasteiger partial charge in [0, 0.05) is 55.9 Å². The maximum Gasteiger partial charge on any atom is 0.276 e. The Morgan fingerprint density at radius 1 is 1.11 bits per heavy atom. The number of halogens is 4. The Morgan fingerprint density at radius 3 is 2.57 bits per heavy atom. The molecule has 3 fully saturated rings. The van der Waals surface area contributed by atoms with Crippen LogP contribution in [0.25, 0.3) is 5.65 Å². The van der Waals surface area contributed by atoms with E-state index in [0.29, 0.717) is 41.6 Å². The molecule has 1 unspecified atom stereocenters. The van der Waals surface area contributed by atoms with E-state index in [2.05, 4.69) is 26.0 Å². The quantitative estimate of drug-likeness (QED) is 0.128. The number of nitrogens with zero attached hydrogens (tertiary/aromatic N) is 5. The van der Waals surface area contributed by atoms with Crippen molar-refractivity contribution < 1.29 is 36.5 Å². The monoisotopic (exact) mass is 667 g/mol. The third-order valence-corrected chi connectivity index (χ3v) is 9.98. The van der Waals surface area contributed by atoms with Crippen LogP contribution in [-0.2, 0) is 9.53 Å². The highest BCUT2D eigenvalue weighted by Crippen LogP contribution is 2.45. The zero-order chi connectivity index (χ0) is 32.5. The van der Waals surface area contributed by atoms with Gasteiger partial charge in [0.25, 0.3) is 5.91 Å². The standard InChI is InChI=1S/C30H37F4N7O4S/c1-2-44-9-10-46-28(37-23(42)11-17-13-30(33,34)14-17)20-12-22-36-21(16-41(22)35-15-20)24(19-5-7-29(31,32)8-6-19)38-27(43)26-25(18-3-4-18)39-45-40-26/h12,15-19,24,28H,2-11,13-14H2,1H3,(H,37,42)(H,38,43)/t24-,28?/m0/s1. The van der Waals surface area contributed by atoms with Crippen molar-refractivity contribution in [1.29, 1.82) is 0 Å². The van der Waals surface area contributed by atoms with E-state index in [-0.39, 0.29) is 74.3 Å². The van der Waals surface area contributed by atoms with E-state index in [0.717, 1.165) is 12.8 Å². The second kappa shape index (κ2) is 13.5. The summed E-state index contributed by atoms with van der Waals surface area (Å²) in [5, 5.41) is 17.6. The van der Waals surface area contributed by atoms with Gasteiger partial charge in [-0.25, -0.2) is 31.7 Å². The minimum Gasteiger partial charge on any atom is -0.381 e. The van der Waals surface area contributed by atoms with Crippen LogP contribution < -0.4 is 10.6 Å². The van der Waals surface area contributed by atoms with Crippen LogP contribution in [0.1, 0.15) is 109 Å². The number of amides is 2. The van der Waals surface area contributed by atoms with Gasteiger partial charge in [-0.15, -0.1) is 11.8 Å². The third-order valence-electron chi connectivity index (χ3n) is 8.85. The summed E-state index contributed by atoms with van der Waals surface area (Å²) < 4.78 is 66.7. The second-order valence-electron chi connectivity index (χ2n) is 12.5. The van der Waals surface area contributed by atoms with Gasteiger partial charge in [-0.05, 0) is 55.7 Å². The van der Waals surface area contributed by atoms with Crippen molar-refractivity contribution in [3.8, 4) is 0 Å². The number of alkyl halides is 4. The molecule has 3 aromatic rings. The molecule has 6 rings (SSSR count). The molecule has 46 heavy (non-hydrogen) atoms. The molecular weight excluding hydrogens is 630 g/mol. The fourth-order valence-electron chi connectivity index (χ4n) is 6.21. The van der Waals surface area contributed by atoms with Crippen molar-refractivity contribution in [1.82, 2.24) is 35.5 Å². The number of imidazole rings is 1. The highest BCUT2D eigenvalue weighted by molar-refractivity contribution is 7.99. The molecule has 2 N–H and O–H groups in total. The summed E-state index contributed by atoms with van der Waals surface area (Å²) in [4.78, 5) is 31.0. The summed E-state index contributed by atoms with van der Waals surface area (Å²) >= 11 is 1.42. The van der Waals surface area contributed by atoms with Gasteiger partial charge in [0.15, 0.2) is 11.3 Å². The zero-order valence-corrected chi connectivity index (χ0v) is 26.2. The SMILES string of the molecule is CCOCCSC(NC(=O)CC1CC(F)(F)C1)c1cnn2cc([C@@H](NC(=O)c3nonc3C3CC3)C3CCC(F)(F)CC3)nc2c1. The highest BCUT2D eigenvalue weighted by atomic mass is 32.2. The molecular formula is C30H37F4N7O4S. The molecule has 0 aromatic carbocycles. The number of fused-ring (bicyclic) bond motifs is 1. The first-order chi connectivity index (χ1) is 22.0. The van der Waals surface area contributed by atoms with Crippen LogP contribution in [0.3, 0.4) is 0 Å². The van der Waals surface area contributed by atoms with E-state index in [1.807, 2.05) is 6.92 Å². The highest BCUT2D eigenvalue weighted by Gasteiger charge is 2.46. The Hall–Kier alpha value is -3.27. The molecule has 250 valence electrons. The molecule has 0 saturated heterocycles. The molecule has 3 aliphatic carbocycles. The minimum atomic E-state index is -2.76. The maximum absolute atomic E-state index is 14.1. The lowest BCUT2D eigenvalue weighted by molar-refractivity contribution is -0.133. The van der Waals surface area contributed by atoms with E-state index in [9.17, 15) is 27.2 Å². The largest absolute Gasteiger partial charge is 0.381 e. The number of thioether (sulfide) groups is 1. The first-order valence-corrected chi connectivity index (χ1v) is 16.8. The summed E-state index contributed by atoms with van der Waals surface area (Å²) in [6.45, 7) is 2.88. The predicted octanol–water partition coefficient (Wildman–Crippen LogP) is 5.61. The Bertz CT molecular complexity index is 1530. The van der Waals surface area contributed by atoms with Gasteiger partial charge < -0.3 is 15.4 Å². The number of rotatable bonds is 14. The Morgan fingerprint density at radius 2 is 1.87 bits per heavy atom. The average molecular weight is 668 g/mol. The van der Waals surface area contributed by atoms with Gasteiger partial charge in [-0.1, -0.05) is 5.16 Å². The van der Waals surface area contributed by atoms with E-state index in [1.54, 1.807) is 18.5 Å². The van der Waals surface area contributed by atoms with E-state index >= 15 is 0 Å². The summed E-state index contributed by atoms with van der Waals surface area (Å²) in [6, 6.07) is 1.06. The van der Waals surface area contributed by atoms with Gasteiger partial charge in [-0.2, -0.15) is 5.10 Å². The number of aromatic nitrogens is 5. The average Bonchev–Trinajstić information content (AvgIpc) is 3.55. The van der Waals surface area contributed by atoms with Crippen molar-refractivity contribution in [2.24, 2.45) is 11.8 Å². The fourth-order valence-corrected chi connectivity index (χ4v) is 7.19. The van der Waals surface area contributed by atoms with Crippen molar-refractivity contribution in [2.45, 2.75) is 93.9 Å². The lowest BCUT2D eigenvalue weighted by atomic mass is 9.79. The van der Waals surface area contributed by atoms with E-state index < -0.39 is 29.2 Å². The number of nitrogens with one attached hydrogen (secondary N) is 2. The van der Waals surface area contributed by atoms with Crippen molar-refractivity contribution in [3.63, 3.8) is 0 Å². The predicted molar refractivity (Wildman–Crippen MR) is 158 cm³/mol. The fraction of sp³-hybridized carbons (Fsp3) is 0.667. The lowest BCUT2D eigenvalue weighted by Gasteiger charge is -2.34. The van der Waals surface area contributed by atoms with Crippen LogP contribution in [-0.4, -0.2) is 67.5 Å². The summed E-state index contributed by atoms with van der Waals surface area (Å²) in [6.07, 6.45) is 4.23. The Kier molecular flexibility index (Phi) is 9.55. The number of carbonyl (C=O) groups is 2. The number of hydrogen-bond acceptors (Lipinski definition) is 9. The summed E-state index contributed by atoms with van der Waals surface area (Å²) in [5.41, 5.74) is 2.10. The lowest BCUT2D eigenvalue weighted by Crippen LogP contribution is -2.39. The van der Waals surface area contributed by atoms with Gasteiger partial charge in [0.1, 0.15) is 11.1 Å². The van der Waals surface area contributed by atoms with Gasteiger partial charge >= 0.3 is 0 Å². The molecule has 2 amide bonds. The number of ether oxygens (including phenoxy) is 1. The second-order valence-corrected chi connectivity index (χ2v) is 13.7. The summed E-state index contributed by atoms with van der Waals surface area (Å²) in [5.74, 6) is -6.29. The molecule has 0 aliphatic heterocycles. The first kappa shape index (κ1) is 32.7. The molecule has 0 spiro atoms. The minimum absolute atomic E-state index is 0.00657. The van der Waals surface area contributed by atoms with Crippen LogP contribution in [0.5, 0.6) is 0 Å². The van der Waals surface area contributed by atoms with Crippen molar-refractivity contribution in [2.75, 3.05) is 19.0 Å². The van der Waals surface area contributed by atoms with Crippen molar-refractivity contribution >= 4 is 29.2 Å². The molecule has 3 aromatic heterocycles. The topological polar surface area (TPSA) is 137 Å². The Labute approximate surface area is 266 Å². The van der Waals surface area contributed by atoms with E-state index in [1.165, 1.54) is 16.3 Å². The molecule has 3 aliphatic rings. The van der Waals surface area contributed by atoms with Crippen LogP contribution >= 0.6 is 11.8 Å². The van der Waals surface area contributed by atoms with Gasteiger partial charge in [-0.3, -0.25) is 9.59 Å². The molecule has 0 radical (unpaired) electrons. The van der Waals surface area contributed by atoms with Crippen LogP contribution in [0, 0.1) is 11.8 Å². The van der Waals surface area contributed by atoms with Gasteiger partial charge in [0.2, 0.25) is 17.8 Å². The first-order valence-electron chi connectivity index (χ1n) is 15.7. The van der Waals surface area contributed by atoms with Gasteiger partial charge in [0.05, 0.1) is 30.7 Å². The molecule has 2 atom stereocenters. The van der Waals surface area contributed by atoms with Crippen LogP contribution in [0.15, 0.2) is 23.1 Å². The molecule has 3 heterocycles. The number of hydrogen-bond donors (Lipinski definition) is 2. The normalized spacial score (nSPS) is 21.1. The van der Waals surface area contributed by atoms with Crippen molar-refractivity contribution in [3.05, 3.63) is 41.1 Å². The zero-order valence-electron chi connectivity index (χ0n) is 25.4.